The predicted octanol–water partition coefficient (Wildman–Crippen LogP) is 4.61. The summed E-state index contributed by atoms with van der Waals surface area (Å²) in [5.41, 5.74) is 2.42. The van der Waals surface area contributed by atoms with Crippen LogP contribution in [0.25, 0.3) is 0 Å². The Morgan fingerprint density at radius 2 is 1.70 bits per heavy atom. The van der Waals surface area contributed by atoms with Gasteiger partial charge in [-0.05, 0) is 41.8 Å². The Hall–Kier alpha value is -3.11. The molecule has 1 aliphatic rings. The Labute approximate surface area is 181 Å². The van der Waals surface area contributed by atoms with Crippen molar-refractivity contribution in [2.24, 2.45) is 0 Å². The average molecular weight is 419 g/mol. The molecule has 4 nitrogen and oxygen atoms in total. The molecular weight excluding hydrogens is 396 g/mol. The van der Waals surface area contributed by atoms with Crippen LogP contribution >= 0.6 is 11.6 Å². The van der Waals surface area contributed by atoms with Gasteiger partial charge >= 0.3 is 0 Å². The molecule has 1 unspecified atom stereocenters. The van der Waals surface area contributed by atoms with Crippen LogP contribution in [0.4, 0.5) is 0 Å². The lowest BCUT2D eigenvalue weighted by Crippen LogP contribution is -2.62. The Morgan fingerprint density at radius 3 is 2.47 bits per heavy atom. The summed E-state index contributed by atoms with van der Waals surface area (Å²) in [6, 6.07) is 24.7. The molecule has 3 aromatic rings. The number of amides is 2. The zero-order chi connectivity index (χ0) is 21.1. The zero-order valence-electron chi connectivity index (χ0n) is 16.8. The molecule has 1 heterocycles. The molecular formula is C25H23ClN2O2. The summed E-state index contributed by atoms with van der Waals surface area (Å²) in [5, 5.41) is 3.63. The maximum absolute atomic E-state index is 13.4. The molecule has 3 aromatic carbocycles. The molecule has 1 N–H and O–H groups in total. The van der Waals surface area contributed by atoms with Gasteiger partial charge in [-0.3, -0.25) is 9.59 Å². The van der Waals surface area contributed by atoms with Gasteiger partial charge in [0.25, 0.3) is 5.91 Å². The van der Waals surface area contributed by atoms with Gasteiger partial charge in [0, 0.05) is 30.1 Å². The lowest BCUT2D eigenvalue weighted by atomic mass is 9.82. The second kappa shape index (κ2) is 8.33. The number of hydrogen-bond donors (Lipinski definition) is 1. The van der Waals surface area contributed by atoms with E-state index >= 15 is 0 Å². The van der Waals surface area contributed by atoms with Gasteiger partial charge in [0.1, 0.15) is 5.54 Å². The van der Waals surface area contributed by atoms with Crippen LogP contribution in [0.5, 0.6) is 0 Å². The molecule has 0 radical (unpaired) electrons. The largest absolute Gasteiger partial charge is 0.350 e. The van der Waals surface area contributed by atoms with E-state index in [-0.39, 0.29) is 11.8 Å². The van der Waals surface area contributed by atoms with E-state index in [1.807, 2.05) is 79.7 Å². The molecule has 2 amide bonds. The highest BCUT2D eigenvalue weighted by Gasteiger charge is 2.46. The van der Waals surface area contributed by atoms with Crippen molar-refractivity contribution >= 4 is 23.4 Å². The molecule has 0 fully saturated rings. The molecule has 0 bridgehead atoms. The second-order valence-electron chi connectivity index (χ2n) is 7.80. The highest BCUT2D eigenvalue weighted by molar-refractivity contribution is 6.30. The molecule has 4 rings (SSSR count). The molecule has 5 heteroatoms. The monoisotopic (exact) mass is 418 g/mol. The first kappa shape index (κ1) is 20.2. The van der Waals surface area contributed by atoms with E-state index in [2.05, 4.69) is 5.32 Å². The van der Waals surface area contributed by atoms with Crippen molar-refractivity contribution in [1.82, 2.24) is 10.2 Å². The first-order chi connectivity index (χ1) is 14.5. The van der Waals surface area contributed by atoms with Crippen LogP contribution in [0.1, 0.15) is 34.0 Å². The Bertz CT molecular complexity index is 1080. The molecule has 0 aliphatic carbocycles. The Balaban J connectivity index is 1.66. The number of hydrogen-bond acceptors (Lipinski definition) is 2. The van der Waals surface area contributed by atoms with Gasteiger partial charge in [-0.2, -0.15) is 0 Å². The van der Waals surface area contributed by atoms with Gasteiger partial charge in [-0.25, -0.2) is 0 Å². The first-order valence-electron chi connectivity index (χ1n) is 9.94. The number of nitrogens with zero attached hydrogens (tertiary/aromatic N) is 1. The van der Waals surface area contributed by atoms with E-state index in [1.54, 1.807) is 11.0 Å². The highest BCUT2D eigenvalue weighted by Crippen LogP contribution is 2.33. The van der Waals surface area contributed by atoms with Crippen LogP contribution in [0.15, 0.2) is 78.9 Å². The van der Waals surface area contributed by atoms with Crippen LogP contribution < -0.4 is 5.32 Å². The van der Waals surface area contributed by atoms with Gasteiger partial charge in [-0.15, -0.1) is 0 Å². The van der Waals surface area contributed by atoms with Gasteiger partial charge in [0.05, 0.1) is 0 Å². The van der Waals surface area contributed by atoms with Crippen molar-refractivity contribution in [3.63, 3.8) is 0 Å². The SMILES string of the molecule is CC1(C(=O)NCc2ccccc2)Cc2ccccc2C(=O)N1Cc1cccc(Cl)c1. The van der Waals surface area contributed by atoms with Crippen LogP contribution in [0.3, 0.4) is 0 Å². The van der Waals surface area contributed by atoms with E-state index in [1.165, 1.54) is 0 Å². The van der Waals surface area contributed by atoms with E-state index in [9.17, 15) is 9.59 Å². The standard InChI is InChI=1S/C25H23ClN2O2/c1-25(24(30)27-16-18-8-3-2-4-9-18)15-20-11-5-6-13-22(20)23(29)28(25)17-19-10-7-12-21(26)14-19/h2-14H,15-17H2,1H3,(H,27,30). The number of benzene rings is 3. The van der Waals surface area contributed by atoms with Crippen molar-refractivity contribution in [3.8, 4) is 0 Å². The number of carbonyl (C=O) groups is 2. The van der Waals surface area contributed by atoms with Crippen molar-refractivity contribution in [2.45, 2.75) is 32.0 Å². The molecule has 30 heavy (non-hydrogen) atoms. The summed E-state index contributed by atoms with van der Waals surface area (Å²) >= 11 is 6.15. The third kappa shape index (κ3) is 3.96. The minimum atomic E-state index is -1.01. The van der Waals surface area contributed by atoms with E-state index in [0.29, 0.717) is 30.1 Å². The van der Waals surface area contributed by atoms with Crippen LogP contribution in [0, 0.1) is 0 Å². The van der Waals surface area contributed by atoms with Crippen molar-refractivity contribution in [2.75, 3.05) is 0 Å². The fourth-order valence-electron chi connectivity index (χ4n) is 3.95. The number of nitrogens with one attached hydrogen (secondary N) is 1. The maximum Gasteiger partial charge on any atom is 0.255 e. The normalized spacial score (nSPS) is 18.1. The summed E-state index contributed by atoms with van der Waals surface area (Å²) in [5.74, 6) is -0.314. The fraction of sp³-hybridized carbons (Fsp3) is 0.200. The highest BCUT2D eigenvalue weighted by atomic mass is 35.5. The molecule has 0 saturated carbocycles. The average Bonchev–Trinajstić information content (AvgIpc) is 2.76. The molecule has 1 atom stereocenters. The van der Waals surface area contributed by atoms with Crippen molar-refractivity contribution in [3.05, 3.63) is 106 Å². The number of rotatable bonds is 5. The first-order valence-corrected chi connectivity index (χ1v) is 10.3. The van der Waals surface area contributed by atoms with Crippen LogP contribution in [-0.2, 0) is 24.3 Å². The summed E-state index contributed by atoms with van der Waals surface area (Å²) < 4.78 is 0. The predicted molar refractivity (Wildman–Crippen MR) is 118 cm³/mol. The Morgan fingerprint density at radius 1 is 1.00 bits per heavy atom. The van der Waals surface area contributed by atoms with E-state index < -0.39 is 5.54 Å². The van der Waals surface area contributed by atoms with Gasteiger partial charge in [0.15, 0.2) is 0 Å². The lowest BCUT2D eigenvalue weighted by Gasteiger charge is -2.44. The van der Waals surface area contributed by atoms with Crippen molar-refractivity contribution < 1.29 is 9.59 Å². The fourth-order valence-corrected chi connectivity index (χ4v) is 4.17. The molecule has 0 spiro atoms. The second-order valence-corrected chi connectivity index (χ2v) is 8.23. The Kier molecular flexibility index (Phi) is 5.60. The van der Waals surface area contributed by atoms with Crippen molar-refractivity contribution in [1.29, 1.82) is 0 Å². The summed E-state index contributed by atoms with van der Waals surface area (Å²) in [7, 11) is 0. The minimum Gasteiger partial charge on any atom is -0.350 e. The third-order valence-corrected chi connectivity index (χ3v) is 5.87. The van der Waals surface area contributed by atoms with Crippen LogP contribution in [-0.4, -0.2) is 22.3 Å². The smallest absolute Gasteiger partial charge is 0.255 e. The minimum absolute atomic E-state index is 0.144. The molecule has 0 saturated heterocycles. The summed E-state index contributed by atoms with van der Waals surface area (Å²) in [6.07, 6.45) is 0.454. The molecule has 1 aliphatic heterocycles. The lowest BCUT2D eigenvalue weighted by molar-refractivity contribution is -0.132. The number of carbonyl (C=O) groups excluding carboxylic acids is 2. The zero-order valence-corrected chi connectivity index (χ0v) is 17.5. The quantitative estimate of drug-likeness (QED) is 0.657. The van der Waals surface area contributed by atoms with E-state index in [0.717, 1.165) is 16.7 Å². The van der Waals surface area contributed by atoms with Crippen LogP contribution in [0.2, 0.25) is 5.02 Å². The topological polar surface area (TPSA) is 49.4 Å². The maximum atomic E-state index is 13.4. The van der Waals surface area contributed by atoms with Gasteiger partial charge in [0.2, 0.25) is 5.91 Å². The molecule has 0 aromatic heterocycles. The number of halogens is 1. The summed E-state index contributed by atoms with van der Waals surface area (Å²) in [4.78, 5) is 28.5. The van der Waals surface area contributed by atoms with Gasteiger partial charge < -0.3 is 10.2 Å². The van der Waals surface area contributed by atoms with E-state index in [4.69, 9.17) is 11.6 Å². The summed E-state index contributed by atoms with van der Waals surface area (Å²) in [6.45, 7) is 2.56. The third-order valence-electron chi connectivity index (χ3n) is 5.64. The number of fused-ring (bicyclic) bond motifs is 1. The van der Waals surface area contributed by atoms with Gasteiger partial charge in [-0.1, -0.05) is 72.3 Å². The molecule has 152 valence electrons.